The van der Waals surface area contributed by atoms with Crippen LogP contribution in [-0.2, 0) is 0 Å². The molecule has 2 aromatic carbocycles. The first-order valence-corrected chi connectivity index (χ1v) is 9.15. The van der Waals surface area contributed by atoms with Gasteiger partial charge in [-0.25, -0.2) is 9.37 Å². The van der Waals surface area contributed by atoms with E-state index in [0.29, 0.717) is 36.8 Å². The van der Waals surface area contributed by atoms with Gasteiger partial charge in [-0.05, 0) is 42.5 Å². The van der Waals surface area contributed by atoms with E-state index in [2.05, 4.69) is 9.88 Å². The van der Waals surface area contributed by atoms with E-state index in [9.17, 15) is 9.18 Å². The Labute approximate surface area is 153 Å². The van der Waals surface area contributed by atoms with Gasteiger partial charge in [0.2, 0.25) is 0 Å². The molecule has 0 bridgehead atoms. The molecule has 1 aliphatic rings. The second kappa shape index (κ2) is 6.61. The number of benzene rings is 2. The molecule has 4 rings (SSSR count). The van der Waals surface area contributed by atoms with Crippen molar-refractivity contribution in [2.75, 3.05) is 31.1 Å². The minimum atomic E-state index is -0.249. The van der Waals surface area contributed by atoms with Gasteiger partial charge < -0.3 is 9.80 Å². The van der Waals surface area contributed by atoms with Crippen LogP contribution in [0.1, 0.15) is 10.4 Å². The van der Waals surface area contributed by atoms with Crippen LogP contribution in [0.15, 0.2) is 42.5 Å². The van der Waals surface area contributed by atoms with E-state index in [-0.39, 0.29) is 11.7 Å². The van der Waals surface area contributed by atoms with Crippen LogP contribution < -0.4 is 4.90 Å². The largest absolute Gasteiger partial charge is 0.345 e. The molecule has 25 heavy (non-hydrogen) atoms. The van der Waals surface area contributed by atoms with Crippen molar-refractivity contribution in [3.63, 3.8) is 0 Å². The number of hydrogen-bond acceptors (Lipinski definition) is 4. The van der Waals surface area contributed by atoms with Crippen molar-refractivity contribution < 1.29 is 9.18 Å². The van der Waals surface area contributed by atoms with Crippen molar-refractivity contribution in [2.45, 2.75) is 0 Å². The number of halogens is 2. The molecule has 7 heteroatoms. The molecule has 2 heterocycles. The van der Waals surface area contributed by atoms with Gasteiger partial charge >= 0.3 is 0 Å². The predicted molar refractivity (Wildman–Crippen MR) is 99.1 cm³/mol. The number of amides is 1. The van der Waals surface area contributed by atoms with Gasteiger partial charge in [-0.3, -0.25) is 4.79 Å². The Kier molecular flexibility index (Phi) is 4.31. The van der Waals surface area contributed by atoms with Gasteiger partial charge in [0.05, 0.1) is 10.2 Å². The summed E-state index contributed by atoms with van der Waals surface area (Å²) in [5, 5.41) is 1.49. The lowest BCUT2D eigenvalue weighted by atomic mass is 10.2. The Morgan fingerprint density at radius 2 is 1.80 bits per heavy atom. The van der Waals surface area contributed by atoms with E-state index in [0.717, 1.165) is 15.3 Å². The third-order valence-corrected chi connectivity index (χ3v) is 5.60. The smallest absolute Gasteiger partial charge is 0.253 e. The Hall–Kier alpha value is -2.18. The molecule has 1 aromatic heterocycles. The Morgan fingerprint density at radius 1 is 1.08 bits per heavy atom. The number of fused-ring (bicyclic) bond motifs is 1. The lowest BCUT2D eigenvalue weighted by molar-refractivity contribution is 0.0747. The molecule has 0 spiro atoms. The lowest BCUT2D eigenvalue weighted by Gasteiger charge is -2.34. The van der Waals surface area contributed by atoms with E-state index in [1.807, 2.05) is 4.90 Å². The summed E-state index contributed by atoms with van der Waals surface area (Å²) in [5.41, 5.74) is 1.45. The van der Waals surface area contributed by atoms with Crippen LogP contribution in [0.25, 0.3) is 10.2 Å². The zero-order chi connectivity index (χ0) is 17.4. The first-order chi connectivity index (χ1) is 12.1. The van der Waals surface area contributed by atoms with Gasteiger partial charge in [-0.2, -0.15) is 0 Å². The number of anilines is 1. The molecule has 1 fully saturated rings. The summed E-state index contributed by atoms with van der Waals surface area (Å²) in [4.78, 5) is 21.1. The second-order valence-electron chi connectivity index (χ2n) is 5.89. The molecule has 1 aliphatic heterocycles. The third kappa shape index (κ3) is 3.32. The van der Waals surface area contributed by atoms with Gasteiger partial charge in [-0.15, -0.1) is 0 Å². The maximum absolute atomic E-state index is 13.3. The Morgan fingerprint density at radius 3 is 2.52 bits per heavy atom. The highest BCUT2D eigenvalue weighted by Crippen LogP contribution is 2.30. The molecule has 0 unspecified atom stereocenters. The van der Waals surface area contributed by atoms with Gasteiger partial charge in [0.15, 0.2) is 5.13 Å². The van der Waals surface area contributed by atoms with Crippen LogP contribution in [0.5, 0.6) is 0 Å². The van der Waals surface area contributed by atoms with Crippen LogP contribution in [0, 0.1) is 5.82 Å². The van der Waals surface area contributed by atoms with Crippen molar-refractivity contribution in [2.24, 2.45) is 0 Å². The lowest BCUT2D eigenvalue weighted by Crippen LogP contribution is -2.48. The minimum Gasteiger partial charge on any atom is -0.345 e. The van der Waals surface area contributed by atoms with E-state index >= 15 is 0 Å². The highest BCUT2D eigenvalue weighted by atomic mass is 35.5. The molecule has 0 atom stereocenters. The molecule has 1 amide bonds. The molecule has 0 radical (unpaired) electrons. The highest BCUT2D eigenvalue weighted by molar-refractivity contribution is 7.22. The zero-order valence-corrected chi connectivity index (χ0v) is 14.9. The normalized spacial score (nSPS) is 15.0. The Balaban J connectivity index is 1.45. The van der Waals surface area contributed by atoms with Crippen LogP contribution in [0.2, 0.25) is 5.02 Å². The number of carbonyl (C=O) groups is 1. The maximum atomic E-state index is 13.3. The summed E-state index contributed by atoms with van der Waals surface area (Å²) < 4.78 is 14.2. The van der Waals surface area contributed by atoms with Crippen LogP contribution in [0.4, 0.5) is 9.52 Å². The van der Waals surface area contributed by atoms with Crippen LogP contribution >= 0.6 is 22.9 Å². The summed E-state index contributed by atoms with van der Waals surface area (Å²) in [6.45, 7) is 2.68. The molecular formula is C18H15ClFN3OS. The molecular weight excluding hydrogens is 361 g/mol. The van der Waals surface area contributed by atoms with Crippen LogP contribution in [-0.4, -0.2) is 42.0 Å². The SMILES string of the molecule is O=C(c1ccc(Cl)cc1)N1CCN(c2nc3ccc(F)cc3s2)CC1. The molecule has 128 valence electrons. The third-order valence-electron chi connectivity index (χ3n) is 4.27. The zero-order valence-electron chi connectivity index (χ0n) is 13.3. The van der Waals surface area contributed by atoms with E-state index in [1.165, 1.54) is 23.5 Å². The average molecular weight is 376 g/mol. The van der Waals surface area contributed by atoms with Gasteiger partial charge in [0.1, 0.15) is 5.82 Å². The number of nitrogens with zero attached hydrogens (tertiary/aromatic N) is 3. The Bertz CT molecular complexity index is 920. The molecule has 3 aromatic rings. The summed E-state index contributed by atoms with van der Waals surface area (Å²) in [6.07, 6.45) is 0. The fourth-order valence-electron chi connectivity index (χ4n) is 2.90. The summed E-state index contributed by atoms with van der Waals surface area (Å²) >= 11 is 7.35. The molecule has 4 nitrogen and oxygen atoms in total. The van der Waals surface area contributed by atoms with E-state index in [1.54, 1.807) is 30.3 Å². The number of aromatic nitrogens is 1. The first-order valence-electron chi connectivity index (χ1n) is 7.96. The first kappa shape index (κ1) is 16.3. The van der Waals surface area contributed by atoms with Gasteiger partial charge in [0, 0.05) is 36.8 Å². The molecule has 0 N–H and O–H groups in total. The number of rotatable bonds is 2. The monoisotopic (exact) mass is 375 g/mol. The molecule has 0 saturated carbocycles. The van der Waals surface area contributed by atoms with Crippen molar-refractivity contribution >= 4 is 44.2 Å². The highest BCUT2D eigenvalue weighted by Gasteiger charge is 2.24. The average Bonchev–Trinajstić information content (AvgIpc) is 3.05. The fourth-order valence-corrected chi connectivity index (χ4v) is 4.07. The van der Waals surface area contributed by atoms with Gasteiger partial charge in [0.25, 0.3) is 5.91 Å². The number of thiazole rings is 1. The maximum Gasteiger partial charge on any atom is 0.253 e. The standard InChI is InChI=1S/C18H15ClFN3OS/c19-13-3-1-12(2-4-13)17(24)22-7-9-23(10-8-22)18-21-15-6-5-14(20)11-16(15)25-18/h1-6,11H,7-10H2. The summed E-state index contributed by atoms with van der Waals surface area (Å²) in [7, 11) is 0. The van der Waals surface area contributed by atoms with Gasteiger partial charge in [-0.1, -0.05) is 22.9 Å². The summed E-state index contributed by atoms with van der Waals surface area (Å²) in [6, 6.07) is 11.6. The van der Waals surface area contributed by atoms with E-state index in [4.69, 9.17) is 11.6 Å². The van der Waals surface area contributed by atoms with Crippen molar-refractivity contribution in [1.82, 2.24) is 9.88 Å². The number of carbonyl (C=O) groups excluding carboxylic acids is 1. The quantitative estimate of drug-likeness (QED) is 0.678. The van der Waals surface area contributed by atoms with E-state index < -0.39 is 0 Å². The molecule has 0 aliphatic carbocycles. The van der Waals surface area contributed by atoms with Crippen molar-refractivity contribution in [3.05, 3.63) is 58.9 Å². The topological polar surface area (TPSA) is 36.4 Å². The fraction of sp³-hybridized carbons (Fsp3) is 0.222. The van der Waals surface area contributed by atoms with Crippen LogP contribution in [0.3, 0.4) is 0 Å². The number of hydrogen-bond donors (Lipinski definition) is 0. The van der Waals surface area contributed by atoms with Crippen molar-refractivity contribution in [3.8, 4) is 0 Å². The predicted octanol–water partition coefficient (Wildman–Crippen LogP) is 4.05. The summed E-state index contributed by atoms with van der Waals surface area (Å²) in [5.74, 6) is -0.233. The molecule has 1 saturated heterocycles. The minimum absolute atomic E-state index is 0.0164. The number of piperazine rings is 1. The second-order valence-corrected chi connectivity index (χ2v) is 7.34. The van der Waals surface area contributed by atoms with Crippen molar-refractivity contribution in [1.29, 1.82) is 0 Å².